The van der Waals surface area contributed by atoms with Crippen molar-refractivity contribution < 1.29 is 4.55 Å². The number of fused-ring (bicyclic) bond motifs is 1. The first kappa shape index (κ1) is 20.6. The van der Waals surface area contributed by atoms with E-state index in [9.17, 15) is 4.55 Å². The normalized spacial score (nSPS) is 13.2. The Kier molecular flexibility index (Phi) is 6.25. The summed E-state index contributed by atoms with van der Waals surface area (Å²) in [5.41, 5.74) is 4.24. The van der Waals surface area contributed by atoms with E-state index in [2.05, 4.69) is 15.0 Å². The van der Waals surface area contributed by atoms with Gasteiger partial charge >= 0.3 is 0 Å². The maximum Gasteiger partial charge on any atom is 0.216 e. The lowest BCUT2D eigenvalue weighted by atomic mass is 10.0. The summed E-state index contributed by atoms with van der Waals surface area (Å²) in [6.07, 6.45) is 1.88. The average molecular weight is 435 g/mol. The van der Waals surface area contributed by atoms with Crippen molar-refractivity contribution in [2.75, 3.05) is 7.05 Å². The van der Waals surface area contributed by atoms with E-state index in [0.29, 0.717) is 21.4 Å². The van der Waals surface area contributed by atoms with E-state index >= 15 is 0 Å². The summed E-state index contributed by atoms with van der Waals surface area (Å²) in [7, 11) is 1.74. The molecule has 0 fully saturated rings. The first-order valence-corrected chi connectivity index (χ1v) is 10.4. The third-order valence-electron chi connectivity index (χ3n) is 4.39. The van der Waals surface area contributed by atoms with E-state index in [1.54, 1.807) is 33.0 Å². The number of hydrogen-bond donors (Lipinski definition) is 4. The minimum atomic E-state index is -1.72. The number of hydrogen-bond acceptors (Lipinski definition) is 4. The molecular weight excluding hydrogens is 415 g/mol. The van der Waals surface area contributed by atoms with E-state index in [1.807, 2.05) is 30.5 Å². The summed E-state index contributed by atoms with van der Waals surface area (Å²) < 4.78 is 15.7. The zero-order chi connectivity index (χ0) is 20.4. The van der Waals surface area contributed by atoms with Crippen LogP contribution in [0.3, 0.4) is 0 Å². The second kappa shape index (κ2) is 8.49. The van der Waals surface area contributed by atoms with Gasteiger partial charge in [0.25, 0.3) is 0 Å². The van der Waals surface area contributed by atoms with Crippen LogP contribution in [0, 0.1) is 5.41 Å². The molecule has 1 atom stereocenters. The molecule has 0 amide bonds. The predicted molar refractivity (Wildman–Crippen MR) is 118 cm³/mol. The van der Waals surface area contributed by atoms with Gasteiger partial charge in [0, 0.05) is 24.5 Å². The molecule has 4 N–H and O–H groups in total. The lowest BCUT2D eigenvalue weighted by molar-refractivity contribution is 0.588. The number of rotatable bonds is 6. The molecule has 1 unspecified atom stereocenters. The standard InChI is InChI=1S/C20H20Cl2N4OS/c1-11(23)19(12(2)24-3)26-28(27)20-16(21)9-15(10-17(20)22)13-4-5-18-14(8-13)6-7-25-18/h4-10,23-26H,1-3H3/b19-12+,23-11?. The first-order chi connectivity index (χ1) is 13.3. The van der Waals surface area contributed by atoms with Crippen molar-refractivity contribution in [3.63, 3.8) is 0 Å². The quantitative estimate of drug-likeness (QED) is 0.315. The van der Waals surface area contributed by atoms with Crippen LogP contribution >= 0.6 is 23.2 Å². The Labute approximate surface area is 177 Å². The van der Waals surface area contributed by atoms with Gasteiger partial charge in [-0.1, -0.05) is 29.3 Å². The molecule has 146 valence electrons. The van der Waals surface area contributed by atoms with E-state index in [1.165, 1.54) is 0 Å². The molecule has 2 aromatic carbocycles. The van der Waals surface area contributed by atoms with Crippen molar-refractivity contribution in [2.45, 2.75) is 18.7 Å². The zero-order valence-electron chi connectivity index (χ0n) is 15.6. The number of aromatic amines is 1. The molecule has 0 aliphatic carbocycles. The molecule has 0 aliphatic rings. The van der Waals surface area contributed by atoms with Crippen LogP contribution in [-0.4, -0.2) is 22.3 Å². The molecular formula is C20H20Cl2N4OS. The smallest absolute Gasteiger partial charge is 0.216 e. The molecule has 0 spiro atoms. The van der Waals surface area contributed by atoms with Gasteiger partial charge in [0.05, 0.1) is 5.71 Å². The van der Waals surface area contributed by atoms with Crippen molar-refractivity contribution in [3.8, 4) is 11.1 Å². The maximum atomic E-state index is 12.9. The van der Waals surface area contributed by atoms with E-state index in [4.69, 9.17) is 28.6 Å². The molecule has 0 aliphatic heterocycles. The van der Waals surface area contributed by atoms with Gasteiger partial charge in [0.1, 0.15) is 27.1 Å². The number of nitrogens with one attached hydrogen (secondary N) is 4. The fourth-order valence-corrected chi connectivity index (χ4v) is 4.81. The van der Waals surface area contributed by atoms with Gasteiger partial charge in [0.15, 0.2) is 0 Å². The topological polar surface area (TPSA) is 86.8 Å². The van der Waals surface area contributed by atoms with Crippen LogP contribution in [0.5, 0.6) is 0 Å². The molecule has 1 heterocycles. The minimum Gasteiger partial charge on any atom is -0.588 e. The van der Waals surface area contributed by atoms with Gasteiger partial charge in [-0.25, -0.2) is 0 Å². The molecule has 8 heteroatoms. The Morgan fingerprint density at radius 1 is 1.07 bits per heavy atom. The summed E-state index contributed by atoms with van der Waals surface area (Å²) in [4.78, 5) is 3.45. The van der Waals surface area contributed by atoms with E-state index in [0.717, 1.165) is 22.0 Å². The van der Waals surface area contributed by atoms with Crippen molar-refractivity contribution in [2.24, 2.45) is 0 Å². The highest BCUT2D eigenvalue weighted by atomic mass is 35.5. The van der Waals surface area contributed by atoms with Gasteiger partial charge < -0.3 is 20.3 Å². The Hall–Kier alpha value is -2.12. The Morgan fingerprint density at radius 2 is 1.75 bits per heavy atom. The SMILES string of the molecule is CN/C(C)=C(/N[S+]([O-])c1c(Cl)cc(-c2ccc3[nH]ccc3c2)cc1Cl)C(C)=N. The molecule has 0 saturated heterocycles. The second-order valence-corrected chi connectivity index (χ2v) is 8.26. The first-order valence-electron chi connectivity index (χ1n) is 8.51. The highest BCUT2D eigenvalue weighted by Gasteiger charge is 2.24. The maximum absolute atomic E-state index is 12.9. The minimum absolute atomic E-state index is 0.254. The van der Waals surface area contributed by atoms with Gasteiger partial charge in [-0.3, -0.25) is 0 Å². The number of H-pyrrole nitrogens is 1. The lowest BCUT2D eigenvalue weighted by Gasteiger charge is -2.18. The molecule has 28 heavy (non-hydrogen) atoms. The fourth-order valence-electron chi connectivity index (χ4n) is 2.84. The molecule has 0 radical (unpaired) electrons. The van der Waals surface area contributed by atoms with Crippen LogP contribution in [0.2, 0.25) is 10.0 Å². The van der Waals surface area contributed by atoms with Crippen LogP contribution in [0.25, 0.3) is 22.0 Å². The number of allylic oxidation sites excluding steroid dienone is 2. The Bertz CT molecular complexity index is 1050. The molecule has 3 rings (SSSR count). The summed E-state index contributed by atoms with van der Waals surface area (Å²) in [5, 5.41) is 12.5. The summed E-state index contributed by atoms with van der Waals surface area (Å²) in [5.74, 6) is 0. The molecule has 3 aromatic rings. The van der Waals surface area contributed by atoms with Gasteiger partial charge in [0.2, 0.25) is 4.90 Å². The predicted octanol–water partition coefficient (Wildman–Crippen LogP) is 5.24. The van der Waals surface area contributed by atoms with Gasteiger partial charge in [-0.05, 0) is 60.7 Å². The van der Waals surface area contributed by atoms with E-state index < -0.39 is 11.4 Å². The van der Waals surface area contributed by atoms with Crippen molar-refractivity contribution in [1.82, 2.24) is 15.0 Å². The lowest BCUT2D eigenvalue weighted by Crippen LogP contribution is -2.30. The van der Waals surface area contributed by atoms with Crippen LogP contribution in [0.1, 0.15) is 13.8 Å². The number of halogens is 2. The molecule has 0 saturated carbocycles. The third-order valence-corrected chi connectivity index (χ3v) is 6.41. The Balaban J connectivity index is 1.96. The summed E-state index contributed by atoms with van der Waals surface area (Å²) in [6, 6.07) is 11.5. The average Bonchev–Trinajstić information content (AvgIpc) is 3.12. The Morgan fingerprint density at radius 3 is 2.36 bits per heavy atom. The summed E-state index contributed by atoms with van der Waals surface area (Å²) in [6.45, 7) is 3.41. The van der Waals surface area contributed by atoms with Crippen LogP contribution in [0.15, 0.2) is 58.9 Å². The third kappa shape index (κ3) is 4.15. The molecule has 0 bridgehead atoms. The zero-order valence-corrected chi connectivity index (χ0v) is 17.9. The van der Waals surface area contributed by atoms with E-state index in [-0.39, 0.29) is 10.6 Å². The van der Waals surface area contributed by atoms with Gasteiger partial charge in [-0.15, -0.1) is 0 Å². The summed E-state index contributed by atoms with van der Waals surface area (Å²) >= 11 is 11.2. The van der Waals surface area contributed by atoms with Crippen LogP contribution < -0.4 is 10.0 Å². The van der Waals surface area contributed by atoms with Crippen molar-refractivity contribution in [3.05, 3.63) is 64.0 Å². The highest BCUT2D eigenvalue weighted by molar-refractivity contribution is 7.90. The van der Waals surface area contributed by atoms with Crippen LogP contribution in [0.4, 0.5) is 0 Å². The van der Waals surface area contributed by atoms with Crippen molar-refractivity contribution >= 4 is 51.2 Å². The van der Waals surface area contributed by atoms with Gasteiger partial charge in [-0.2, -0.15) is 4.72 Å². The highest BCUT2D eigenvalue weighted by Crippen LogP contribution is 2.35. The number of aromatic nitrogens is 1. The number of benzene rings is 2. The molecule has 1 aromatic heterocycles. The van der Waals surface area contributed by atoms with Crippen molar-refractivity contribution in [1.29, 1.82) is 5.41 Å². The fraction of sp³-hybridized carbons (Fsp3) is 0.150. The van der Waals surface area contributed by atoms with Crippen LogP contribution in [-0.2, 0) is 11.4 Å². The second-order valence-electron chi connectivity index (χ2n) is 6.29. The molecule has 5 nitrogen and oxygen atoms in total. The monoisotopic (exact) mass is 434 g/mol. The largest absolute Gasteiger partial charge is 0.588 e.